The molecular weight excluding hydrogens is 348 g/mol. The van der Waals surface area contributed by atoms with Gasteiger partial charge >= 0.3 is 0 Å². The molecule has 1 N–H and O–H groups in total. The third-order valence-electron chi connectivity index (χ3n) is 4.78. The minimum absolute atomic E-state index is 0.118. The highest BCUT2D eigenvalue weighted by Crippen LogP contribution is 2.32. The van der Waals surface area contributed by atoms with E-state index in [1.54, 1.807) is 12.3 Å². The van der Waals surface area contributed by atoms with Gasteiger partial charge in [0.15, 0.2) is 0 Å². The second-order valence-electron chi connectivity index (χ2n) is 6.57. The monoisotopic (exact) mass is 368 g/mol. The van der Waals surface area contributed by atoms with Gasteiger partial charge < -0.3 is 10.2 Å². The quantitative estimate of drug-likeness (QED) is 0.717. The number of nitrogens with zero attached hydrogens (tertiary/aromatic N) is 3. The van der Waals surface area contributed by atoms with Gasteiger partial charge in [0, 0.05) is 24.3 Å². The molecule has 0 fully saturated rings. The molecule has 5 nitrogen and oxygen atoms in total. The largest absolute Gasteiger partial charge is 0.346 e. The average Bonchev–Trinajstić information content (AvgIpc) is 3.15. The van der Waals surface area contributed by atoms with Gasteiger partial charge in [-0.3, -0.25) is 4.79 Å². The van der Waals surface area contributed by atoms with Gasteiger partial charge in [0.05, 0.1) is 17.9 Å². The number of anilines is 1. The number of benzene rings is 2. The summed E-state index contributed by atoms with van der Waals surface area (Å²) in [6, 6.07) is 19.1. The van der Waals surface area contributed by atoms with Crippen LogP contribution in [0.1, 0.15) is 28.5 Å². The number of amides is 1. The average molecular weight is 368 g/mol. The van der Waals surface area contributed by atoms with Crippen LogP contribution in [0.4, 0.5) is 5.69 Å². The maximum absolute atomic E-state index is 12.3. The molecule has 2 aromatic carbocycles. The van der Waals surface area contributed by atoms with Crippen molar-refractivity contribution in [2.24, 2.45) is 0 Å². The molecule has 0 bridgehead atoms. The number of hydrogen-bond acceptors (Lipinski definition) is 4. The standard InChI is InChI=1S/C23H20N4O/c1-2-12-27-13-10-20-14-19(7-8-22(20)27)17-3-5-18(6-4-17)23(28)25-15-21-9-11-24-16-26-21/h3-9,11,14,16H,10,13,15H2,1H3,(H,25,28). The highest BCUT2D eigenvalue weighted by molar-refractivity contribution is 5.94. The third-order valence-corrected chi connectivity index (χ3v) is 4.78. The molecule has 1 aromatic heterocycles. The highest BCUT2D eigenvalue weighted by Gasteiger charge is 2.18. The molecule has 0 spiro atoms. The van der Waals surface area contributed by atoms with Crippen LogP contribution in [0, 0.1) is 12.0 Å². The lowest BCUT2D eigenvalue weighted by Crippen LogP contribution is -2.23. The Morgan fingerprint density at radius 3 is 2.71 bits per heavy atom. The Morgan fingerprint density at radius 1 is 1.14 bits per heavy atom. The van der Waals surface area contributed by atoms with Crippen LogP contribution >= 0.6 is 0 Å². The summed E-state index contributed by atoms with van der Waals surface area (Å²) in [6.45, 7) is 3.17. The third kappa shape index (κ3) is 3.72. The summed E-state index contributed by atoms with van der Waals surface area (Å²) in [6.07, 6.45) is 4.14. The minimum Gasteiger partial charge on any atom is -0.346 e. The van der Waals surface area contributed by atoms with Gasteiger partial charge in [0.2, 0.25) is 0 Å². The molecule has 0 aliphatic carbocycles. The summed E-state index contributed by atoms with van der Waals surface area (Å²) in [7, 11) is 0. The Hall–Kier alpha value is -3.65. The Bertz CT molecular complexity index is 1050. The summed E-state index contributed by atoms with van der Waals surface area (Å²) in [5.74, 6) is 2.85. The number of carbonyl (C=O) groups is 1. The molecule has 0 atom stereocenters. The summed E-state index contributed by atoms with van der Waals surface area (Å²) >= 11 is 0. The van der Waals surface area contributed by atoms with Crippen molar-refractivity contribution in [2.45, 2.75) is 19.9 Å². The zero-order valence-electron chi connectivity index (χ0n) is 15.6. The Kier molecular flexibility index (Phi) is 5.03. The first-order valence-electron chi connectivity index (χ1n) is 9.21. The van der Waals surface area contributed by atoms with Crippen LogP contribution in [0.3, 0.4) is 0 Å². The van der Waals surface area contributed by atoms with Gasteiger partial charge in [-0.05, 0) is 60.4 Å². The molecule has 5 heteroatoms. The first-order valence-corrected chi connectivity index (χ1v) is 9.21. The van der Waals surface area contributed by atoms with Crippen LogP contribution in [0.15, 0.2) is 61.1 Å². The molecule has 0 radical (unpaired) electrons. The molecule has 2 heterocycles. The topological polar surface area (TPSA) is 58.1 Å². The van der Waals surface area contributed by atoms with Crippen LogP contribution in [-0.2, 0) is 13.0 Å². The van der Waals surface area contributed by atoms with Crippen molar-refractivity contribution in [3.63, 3.8) is 0 Å². The van der Waals surface area contributed by atoms with Crippen molar-refractivity contribution >= 4 is 11.6 Å². The van der Waals surface area contributed by atoms with Crippen LogP contribution in [-0.4, -0.2) is 22.4 Å². The van der Waals surface area contributed by atoms with Crippen molar-refractivity contribution < 1.29 is 4.79 Å². The van der Waals surface area contributed by atoms with E-state index in [4.69, 9.17) is 0 Å². The number of nitrogens with one attached hydrogen (secondary N) is 1. The van der Waals surface area contributed by atoms with E-state index in [1.165, 1.54) is 17.6 Å². The Labute approximate surface area is 164 Å². The number of carbonyl (C=O) groups excluding carboxylic acids is 1. The molecule has 4 rings (SSSR count). The fourth-order valence-corrected chi connectivity index (χ4v) is 3.34. The second-order valence-corrected chi connectivity index (χ2v) is 6.57. The molecule has 3 aromatic rings. The number of aromatic nitrogens is 2. The van der Waals surface area contributed by atoms with Gasteiger partial charge in [-0.15, -0.1) is 0 Å². The molecular formula is C23H20N4O. The van der Waals surface area contributed by atoms with E-state index < -0.39 is 0 Å². The Balaban J connectivity index is 1.46. The lowest BCUT2D eigenvalue weighted by Gasteiger charge is -2.11. The first kappa shape index (κ1) is 17.7. The highest BCUT2D eigenvalue weighted by atomic mass is 16.1. The fraction of sp³-hybridized carbons (Fsp3) is 0.174. The van der Waals surface area contributed by atoms with Crippen LogP contribution in [0.25, 0.3) is 11.1 Å². The molecule has 28 heavy (non-hydrogen) atoms. The van der Waals surface area contributed by atoms with Crippen molar-refractivity contribution in [1.82, 2.24) is 15.3 Å². The zero-order chi connectivity index (χ0) is 19.3. The number of rotatable bonds is 4. The van der Waals surface area contributed by atoms with Crippen LogP contribution < -0.4 is 10.2 Å². The molecule has 0 unspecified atom stereocenters. The van der Waals surface area contributed by atoms with Gasteiger partial charge in [0.25, 0.3) is 5.91 Å². The predicted octanol–water partition coefficient (Wildman–Crippen LogP) is 3.42. The van der Waals surface area contributed by atoms with Crippen molar-refractivity contribution in [2.75, 3.05) is 11.4 Å². The fourth-order valence-electron chi connectivity index (χ4n) is 3.34. The molecule has 0 saturated heterocycles. The van der Waals surface area contributed by atoms with Crippen molar-refractivity contribution in [1.29, 1.82) is 0 Å². The first-order chi connectivity index (χ1) is 13.7. The molecule has 1 aliphatic rings. The van der Waals surface area contributed by atoms with Crippen LogP contribution in [0.2, 0.25) is 0 Å². The Morgan fingerprint density at radius 2 is 1.96 bits per heavy atom. The smallest absolute Gasteiger partial charge is 0.251 e. The van der Waals surface area contributed by atoms with E-state index in [0.717, 1.165) is 29.8 Å². The van der Waals surface area contributed by atoms with E-state index in [1.807, 2.05) is 31.2 Å². The summed E-state index contributed by atoms with van der Waals surface area (Å²) < 4.78 is 0. The van der Waals surface area contributed by atoms with Gasteiger partial charge in [-0.25, -0.2) is 9.97 Å². The van der Waals surface area contributed by atoms with E-state index in [9.17, 15) is 4.79 Å². The van der Waals surface area contributed by atoms with E-state index in [0.29, 0.717) is 12.1 Å². The second kappa shape index (κ2) is 7.93. The van der Waals surface area contributed by atoms with E-state index in [-0.39, 0.29) is 5.91 Å². The molecule has 138 valence electrons. The molecule has 0 saturated carbocycles. The van der Waals surface area contributed by atoms with Crippen molar-refractivity contribution in [3.8, 4) is 23.1 Å². The van der Waals surface area contributed by atoms with E-state index in [2.05, 4.69) is 50.3 Å². The summed E-state index contributed by atoms with van der Waals surface area (Å²) in [5, 5.41) is 2.88. The van der Waals surface area contributed by atoms with Crippen molar-refractivity contribution in [3.05, 3.63) is 77.9 Å². The summed E-state index contributed by atoms with van der Waals surface area (Å²) in [4.78, 5) is 22.4. The van der Waals surface area contributed by atoms with E-state index >= 15 is 0 Å². The van der Waals surface area contributed by atoms with Gasteiger partial charge in [-0.1, -0.05) is 24.1 Å². The maximum atomic E-state index is 12.3. The lowest BCUT2D eigenvalue weighted by molar-refractivity contribution is 0.0950. The lowest BCUT2D eigenvalue weighted by atomic mass is 10.0. The predicted molar refractivity (Wildman–Crippen MR) is 110 cm³/mol. The maximum Gasteiger partial charge on any atom is 0.251 e. The number of fused-ring (bicyclic) bond motifs is 1. The zero-order valence-corrected chi connectivity index (χ0v) is 15.6. The SMILES string of the molecule is CC#CN1CCc2cc(-c3ccc(C(=O)NCc4ccncn4)cc3)ccc21. The molecule has 1 aliphatic heterocycles. The number of hydrogen-bond donors (Lipinski definition) is 1. The normalized spacial score (nSPS) is 12.1. The summed E-state index contributed by atoms with van der Waals surface area (Å²) in [5.41, 5.74) is 6.15. The van der Waals surface area contributed by atoms with Gasteiger partial charge in [0.1, 0.15) is 6.33 Å². The van der Waals surface area contributed by atoms with Crippen LogP contribution in [0.5, 0.6) is 0 Å². The molecule has 1 amide bonds. The minimum atomic E-state index is -0.118. The van der Waals surface area contributed by atoms with Gasteiger partial charge in [-0.2, -0.15) is 0 Å².